The van der Waals surface area contributed by atoms with Crippen LogP contribution in [0.2, 0.25) is 0 Å². The Morgan fingerprint density at radius 3 is 2.57 bits per heavy atom. The largest absolute Gasteiger partial charge is 0.334 e. The maximum Gasteiger partial charge on any atom is 0.272 e. The van der Waals surface area contributed by atoms with Gasteiger partial charge in [-0.1, -0.05) is 6.07 Å². The number of nitrogens with zero attached hydrogens (tertiary/aromatic N) is 2. The molecule has 4 nitrogen and oxygen atoms in total. The third kappa shape index (κ3) is 3.87. The second kappa shape index (κ2) is 7.43. The van der Waals surface area contributed by atoms with E-state index in [0.29, 0.717) is 24.1 Å². The molecule has 2 heterocycles. The maximum atomic E-state index is 12.4. The van der Waals surface area contributed by atoms with Crippen LogP contribution >= 0.6 is 24.8 Å². The van der Waals surface area contributed by atoms with Gasteiger partial charge in [-0.3, -0.25) is 9.78 Å². The van der Waals surface area contributed by atoms with Crippen LogP contribution in [0.5, 0.6) is 0 Å². The molecular weight excluding hydrogens is 309 g/mol. The minimum atomic E-state index is 0. The molecule has 0 radical (unpaired) electrons. The predicted octanol–water partition coefficient (Wildman–Crippen LogP) is 2.61. The molecule has 1 aromatic rings. The topological polar surface area (TPSA) is 59.2 Å². The van der Waals surface area contributed by atoms with E-state index in [1.807, 2.05) is 17.2 Å². The van der Waals surface area contributed by atoms with Crippen LogP contribution in [0.4, 0.5) is 0 Å². The molecule has 2 atom stereocenters. The SMILES string of the molecule is CC1CC(CN)CN1C(=O)c1ccc(C2CC2)cn1.Cl.Cl. The fourth-order valence-corrected chi connectivity index (χ4v) is 2.93. The molecule has 2 unspecified atom stereocenters. The lowest BCUT2D eigenvalue weighted by Crippen LogP contribution is -2.34. The van der Waals surface area contributed by atoms with Gasteiger partial charge in [-0.05, 0) is 56.2 Å². The Morgan fingerprint density at radius 2 is 2.10 bits per heavy atom. The molecule has 2 fully saturated rings. The first-order valence-electron chi connectivity index (χ1n) is 7.16. The number of carbonyl (C=O) groups excluding carboxylic acids is 1. The summed E-state index contributed by atoms with van der Waals surface area (Å²) in [5, 5.41) is 0. The fraction of sp³-hybridized carbons (Fsp3) is 0.600. The molecule has 2 aliphatic rings. The van der Waals surface area contributed by atoms with Crippen molar-refractivity contribution in [3.05, 3.63) is 29.6 Å². The number of rotatable bonds is 3. The minimum Gasteiger partial charge on any atom is -0.334 e. The molecule has 1 aliphatic carbocycles. The zero-order valence-electron chi connectivity index (χ0n) is 12.2. The maximum absolute atomic E-state index is 12.4. The zero-order chi connectivity index (χ0) is 13.4. The second-order valence-corrected chi connectivity index (χ2v) is 5.90. The lowest BCUT2D eigenvalue weighted by atomic mass is 10.1. The van der Waals surface area contributed by atoms with Crippen LogP contribution < -0.4 is 5.73 Å². The van der Waals surface area contributed by atoms with Crippen molar-refractivity contribution in [2.24, 2.45) is 11.7 Å². The van der Waals surface area contributed by atoms with Crippen LogP contribution in [-0.4, -0.2) is 34.9 Å². The second-order valence-electron chi connectivity index (χ2n) is 5.90. The summed E-state index contributed by atoms with van der Waals surface area (Å²) in [6.07, 6.45) is 5.39. The van der Waals surface area contributed by atoms with E-state index >= 15 is 0 Å². The minimum absolute atomic E-state index is 0. The number of halogens is 2. The van der Waals surface area contributed by atoms with Crippen LogP contribution in [0.1, 0.15) is 48.2 Å². The van der Waals surface area contributed by atoms with Crippen molar-refractivity contribution in [1.29, 1.82) is 0 Å². The van der Waals surface area contributed by atoms with Crippen molar-refractivity contribution >= 4 is 30.7 Å². The van der Waals surface area contributed by atoms with Crippen LogP contribution in [0, 0.1) is 5.92 Å². The fourth-order valence-electron chi connectivity index (χ4n) is 2.93. The molecule has 0 bridgehead atoms. The highest BCUT2D eigenvalue weighted by Crippen LogP contribution is 2.39. The molecule has 1 aromatic heterocycles. The van der Waals surface area contributed by atoms with Crippen molar-refractivity contribution in [3.63, 3.8) is 0 Å². The summed E-state index contributed by atoms with van der Waals surface area (Å²) in [7, 11) is 0. The summed E-state index contributed by atoms with van der Waals surface area (Å²) < 4.78 is 0. The van der Waals surface area contributed by atoms with Gasteiger partial charge < -0.3 is 10.6 Å². The lowest BCUT2D eigenvalue weighted by Gasteiger charge is -2.21. The summed E-state index contributed by atoms with van der Waals surface area (Å²) in [5.41, 5.74) is 7.54. The van der Waals surface area contributed by atoms with Gasteiger partial charge in [0.1, 0.15) is 5.69 Å². The molecule has 0 aromatic carbocycles. The first kappa shape index (κ1) is 18.2. The summed E-state index contributed by atoms with van der Waals surface area (Å²) in [4.78, 5) is 18.7. The van der Waals surface area contributed by atoms with Gasteiger partial charge >= 0.3 is 0 Å². The van der Waals surface area contributed by atoms with E-state index in [4.69, 9.17) is 5.73 Å². The van der Waals surface area contributed by atoms with Crippen LogP contribution in [-0.2, 0) is 0 Å². The van der Waals surface area contributed by atoms with Gasteiger partial charge in [0, 0.05) is 18.8 Å². The Morgan fingerprint density at radius 1 is 1.38 bits per heavy atom. The number of aromatic nitrogens is 1. The van der Waals surface area contributed by atoms with Crippen molar-refractivity contribution < 1.29 is 4.79 Å². The first-order chi connectivity index (χ1) is 9.19. The average Bonchev–Trinajstić information content (AvgIpc) is 3.21. The highest BCUT2D eigenvalue weighted by molar-refractivity contribution is 5.92. The van der Waals surface area contributed by atoms with Gasteiger partial charge in [-0.15, -0.1) is 24.8 Å². The molecular formula is C15H23Cl2N3O. The zero-order valence-corrected chi connectivity index (χ0v) is 13.8. The standard InChI is InChI=1S/C15H21N3O.2ClH/c1-10-6-11(7-16)9-18(10)15(19)14-5-4-13(8-17-14)12-2-3-12;;/h4-5,8,10-12H,2-3,6-7,9,16H2,1H3;2*1H. The highest BCUT2D eigenvalue weighted by Gasteiger charge is 2.32. The third-order valence-electron chi connectivity index (χ3n) is 4.31. The van der Waals surface area contributed by atoms with E-state index in [1.54, 1.807) is 0 Å². The molecule has 6 heteroatoms. The Bertz CT molecular complexity index is 476. The van der Waals surface area contributed by atoms with E-state index in [2.05, 4.69) is 18.0 Å². The van der Waals surface area contributed by atoms with Gasteiger partial charge in [0.15, 0.2) is 0 Å². The van der Waals surface area contributed by atoms with E-state index in [9.17, 15) is 4.79 Å². The number of carbonyl (C=O) groups is 1. The van der Waals surface area contributed by atoms with Crippen LogP contribution in [0.15, 0.2) is 18.3 Å². The van der Waals surface area contributed by atoms with Gasteiger partial charge in [0.25, 0.3) is 5.91 Å². The Kier molecular flexibility index (Phi) is 6.44. The number of likely N-dealkylation sites (tertiary alicyclic amines) is 1. The normalized spacial score (nSPS) is 24.2. The number of amides is 1. The highest BCUT2D eigenvalue weighted by atomic mass is 35.5. The van der Waals surface area contributed by atoms with Crippen molar-refractivity contribution in [3.8, 4) is 0 Å². The predicted molar refractivity (Wildman–Crippen MR) is 88.4 cm³/mol. The molecule has 1 amide bonds. The average molecular weight is 332 g/mol. The van der Waals surface area contributed by atoms with Gasteiger partial charge in [0.2, 0.25) is 0 Å². The molecule has 1 saturated heterocycles. The molecule has 1 saturated carbocycles. The van der Waals surface area contributed by atoms with E-state index in [-0.39, 0.29) is 36.8 Å². The van der Waals surface area contributed by atoms with Crippen LogP contribution in [0.25, 0.3) is 0 Å². The summed E-state index contributed by atoms with van der Waals surface area (Å²) >= 11 is 0. The van der Waals surface area contributed by atoms with E-state index in [1.165, 1.54) is 18.4 Å². The summed E-state index contributed by atoms with van der Waals surface area (Å²) in [6.45, 7) is 3.51. The molecule has 118 valence electrons. The summed E-state index contributed by atoms with van der Waals surface area (Å²) in [6, 6.07) is 4.20. The third-order valence-corrected chi connectivity index (χ3v) is 4.31. The van der Waals surface area contributed by atoms with E-state index in [0.717, 1.165) is 13.0 Å². The monoisotopic (exact) mass is 331 g/mol. The number of hydrogen-bond donors (Lipinski definition) is 1. The summed E-state index contributed by atoms with van der Waals surface area (Å²) in [5.74, 6) is 1.17. The smallest absolute Gasteiger partial charge is 0.272 e. The molecule has 3 rings (SSSR count). The molecule has 0 spiro atoms. The number of pyridine rings is 1. The molecule has 21 heavy (non-hydrogen) atoms. The van der Waals surface area contributed by atoms with Gasteiger partial charge in [-0.25, -0.2) is 0 Å². The van der Waals surface area contributed by atoms with E-state index < -0.39 is 0 Å². The van der Waals surface area contributed by atoms with Crippen molar-refractivity contribution in [1.82, 2.24) is 9.88 Å². The Labute approximate surface area is 138 Å². The Hall–Kier alpha value is -0.840. The number of nitrogens with two attached hydrogens (primary N) is 1. The quantitative estimate of drug-likeness (QED) is 0.926. The van der Waals surface area contributed by atoms with Crippen LogP contribution in [0.3, 0.4) is 0 Å². The Balaban J connectivity index is 0.00000110. The first-order valence-corrected chi connectivity index (χ1v) is 7.16. The van der Waals surface area contributed by atoms with Crippen molar-refractivity contribution in [2.45, 2.75) is 38.1 Å². The lowest BCUT2D eigenvalue weighted by molar-refractivity contribution is 0.0737. The molecule has 2 N–H and O–H groups in total. The van der Waals surface area contributed by atoms with Crippen molar-refractivity contribution in [2.75, 3.05) is 13.1 Å². The number of hydrogen-bond acceptors (Lipinski definition) is 3. The molecule has 1 aliphatic heterocycles. The van der Waals surface area contributed by atoms with Gasteiger partial charge in [-0.2, -0.15) is 0 Å². The van der Waals surface area contributed by atoms with Gasteiger partial charge in [0.05, 0.1) is 0 Å².